The number of amides is 1. The summed E-state index contributed by atoms with van der Waals surface area (Å²) in [7, 11) is 0. The van der Waals surface area contributed by atoms with E-state index in [4.69, 9.17) is 4.74 Å². The van der Waals surface area contributed by atoms with E-state index < -0.39 is 0 Å². The highest BCUT2D eigenvalue weighted by molar-refractivity contribution is 9.10. The van der Waals surface area contributed by atoms with Crippen LogP contribution in [-0.4, -0.2) is 18.6 Å². The molecule has 1 fully saturated rings. The highest BCUT2D eigenvalue weighted by atomic mass is 79.9. The molecule has 3 nitrogen and oxygen atoms in total. The Hall–Kier alpha value is -1.03. The van der Waals surface area contributed by atoms with E-state index in [1.165, 1.54) is 18.4 Å². The van der Waals surface area contributed by atoms with Crippen LogP contribution in [-0.2, 0) is 10.2 Å². The minimum Gasteiger partial charge on any atom is -0.483 e. The lowest BCUT2D eigenvalue weighted by atomic mass is 9.87. The van der Waals surface area contributed by atoms with E-state index in [1.807, 2.05) is 6.07 Å². The van der Waals surface area contributed by atoms with E-state index in [1.54, 1.807) is 0 Å². The van der Waals surface area contributed by atoms with Gasteiger partial charge in [0, 0.05) is 6.04 Å². The van der Waals surface area contributed by atoms with E-state index in [-0.39, 0.29) is 17.9 Å². The zero-order valence-corrected chi connectivity index (χ0v) is 14.6. The first-order valence-electron chi connectivity index (χ1n) is 7.58. The first kappa shape index (κ1) is 16.3. The summed E-state index contributed by atoms with van der Waals surface area (Å²) in [5, 5.41) is 3.02. The second-order valence-electron chi connectivity index (χ2n) is 6.73. The van der Waals surface area contributed by atoms with Crippen molar-refractivity contribution in [2.75, 3.05) is 6.61 Å². The largest absolute Gasteiger partial charge is 0.483 e. The third-order valence-electron chi connectivity index (χ3n) is 3.88. The van der Waals surface area contributed by atoms with Crippen LogP contribution in [0.1, 0.15) is 52.0 Å². The van der Waals surface area contributed by atoms with Crippen LogP contribution in [0.15, 0.2) is 22.7 Å². The lowest BCUT2D eigenvalue weighted by Crippen LogP contribution is -2.36. The second-order valence-corrected chi connectivity index (χ2v) is 7.59. The Labute approximate surface area is 135 Å². The molecular weight excluding hydrogens is 330 g/mol. The van der Waals surface area contributed by atoms with Crippen LogP contribution in [0.5, 0.6) is 5.75 Å². The van der Waals surface area contributed by atoms with Crippen molar-refractivity contribution >= 4 is 21.8 Å². The van der Waals surface area contributed by atoms with Gasteiger partial charge in [-0.1, -0.05) is 39.7 Å². The molecule has 0 bridgehead atoms. The number of rotatable bonds is 4. The van der Waals surface area contributed by atoms with Crippen LogP contribution in [0.2, 0.25) is 0 Å². The lowest BCUT2D eigenvalue weighted by Gasteiger charge is -2.20. The number of hydrogen-bond donors (Lipinski definition) is 1. The van der Waals surface area contributed by atoms with Gasteiger partial charge in [0.15, 0.2) is 6.61 Å². The van der Waals surface area contributed by atoms with Gasteiger partial charge in [-0.25, -0.2) is 0 Å². The van der Waals surface area contributed by atoms with Crippen LogP contribution in [0.4, 0.5) is 0 Å². The molecule has 0 saturated heterocycles. The van der Waals surface area contributed by atoms with Crippen LogP contribution >= 0.6 is 15.9 Å². The molecule has 116 valence electrons. The van der Waals surface area contributed by atoms with Crippen molar-refractivity contribution < 1.29 is 9.53 Å². The standard InChI is InChI=1S/C17H24BrNO2/c1-17(2,3)12-8-9-15(14(18)10-12)21-11-16(20)19-13-6-4-5-7-13/h8-10,13H,4-7,11H2,1-3H3,(H,19,20). The van der Waals surface area contributed by atoms with Crippen molar-refractivity contribution in [1.82, 2.24) is 5.32 Å². The fourth-order valence-corrected chi connectivity index (χ4v) is 3.06. The van der Waals surface area contributed by atoms with E-state index in [0.717, 1.165) is 17.3 Å². The van der Waals surface area contributed by atoms with E-state index in [2.05, 4.69) is 54.2 Å². The third-order valence-corrected chi connectivity index (χ3v) is 4.50. The van der Waals surface area contributed by atoms with Crippen molar-refractivity contribution in [2.45, 2.75) is 57.9 Å². The molecule has 2 rings (SSSR count). The molecule has 0 aliphatic heterocycles. The lowest BCUT2D eigenvalue weighted by molar-refractivity contribution is -0.123. The van der Waals surface area contributed by atoms with Gasteiger partial charge < -0.3 is 10.1 Å². The first-order valence-corrected chi connectivity index (χ1v) is 8.38. The number of carbonyl (C=O) groups is 1. The number of hydrogen-bond acceptors (Lipinski definition) is 2. The zero-order valence-electron chi connectivity index (χ0n) is 13.0. The molecule has 1 aromatic rings. The Kier molecular flexibility index (Phi) is 5.31. The van der Waals surface area contributed by atoms with Gasteiger partial charge in [0.2, 0.25) is 0 Å². The normalized spacial score (nSPS) is 16.0. The number of halogens is 1. The van der Waals surface area contributed by atoms with E-state index in [9.17, 15) is 4.79 Å². The fourth-order valence-electron chi connectivity index (χ4n) is 2.57. The number of ether oxygens (including phenoxy) is 1. The van der Waals surface area contributed by atoms with Crippen LogP contribution in [0, 0.1) is 0 Å². The predicted octanol–water partition coefficient (Wildman–Crippen LogP) is 4.18. The Morgan fingerprint density at radius 2 is 2.00 bits per heavy atom. The molecule has 1 aromatic carbocycles. The molecule has 21 heavy (non-hydrogen) atoms. The topological polar surface area (TPSA) is 38.3 Å². The molecule has 0 heterocycles. The molecule has 0 aromatic heterocycles. The summed E-state index contributed by atoms with van der Waals surface area (Å²) in [6.45, 7) is 6.59. The van der Waals surface area contributed by atoms with Gasteiger partial charge in [0.1, 0.15) is 5.75 Å². The number of benzene rings is 1. The van der Waals surface area contributed by atoms with Gasteiger partial charge >= 0.3 is 0 Å². The smallest absolute Gasteiger partial charge is 0.258 e. The van der Waals surface area contributed by atoms with Crippen LogP contribution < -0.4 is 10.1 Å². The van der Waals surface area contributed by atoms with Crippen molar-refractivity contribution in [3.63, 3.8) is 0 Å². The van der Waals surface area contributed by atoms with Gasteiger partial charge in [-0.05, 0) is 51.9 Å². The molecule has 0 unspecified atom stereocenters. The minimum absolute atomic E-state index is 0.0336. The van der Waals surface area contributed by atoms with Crippen molar-refractivity contribution in [1.29, 1.82) is 0 Å². The molecule has 1 N–H and O–H groups in total. The first-order chi connectivity index (χ1) is 9.86. The van der Waals surface area contributed by atoms with Crippen molar-refractivity contribution in [3.8, 4) is 5.75 Å². The maximum Gasteiger partial charge on any atom is 0.258 e. The SMILES string of the molecule is CC(C)(C)c1ccc(OCC(=O)NC2CCCC2)c(Br)c1. The zero-order chi connectivity index (χ0) is 15.5. The second kappa shape index (κ2) is 6.82. The third kappa shape index (κ3) is 4.73. The molecule has 0 radical (unpaired) electrons. The predicted molar refractivity (Wildman–Crippen MR) is 88.7 cm³/mol. The summed E-state index contributed by atoms with van der Waals surface area (Å²) < 4.78 is 6.51. The van der Waals surface area contributed by atoms with Crippen LogP contribution in [0.3, 0.4) is 0 Å². The Bertz CT molecular complexity index is 502. The van der Waals surface area contributed by atoms with Gasteiger partial charge in [-0.15, -0.1) is 0 Å². The van der Waals surface area contributed by atoms with Gasteiger partial charge in [-0.2, -0.15) is 0 Å². The van der Waals surface area contributed by atoms with E-state index >= 15 is 0 Å². The minimum atomic E-state index is -0.0336. The summed E-state index contributed by atoms with van der Waals surface area (Å²) in [5.41, 5.74) is 1.33. The average molecular weight is 354 g/mol. The highest BCUT2D eigenvalue weighted by Gasteiger charge is 2.18. The van der Waals surface area contributed by atoms with Crippen molar-refractivity contribution in [3.05, 3.63) is 28.2 Å². The maximum atomic E-state index is 11.9. The Balaban J connectivity index is 1.89. The van der Waals surface area contributed by atoms with Crippen LogP contribution in [0.25, 0.3) is 0 Å². The molecule has 0 spiro atoms. The summed E-state index contributed by atoms with van der Waals surface area (Å²) in [6.07, 6.45) is 4.61. The maximum absolute atomic E-state index is 11.9. The quantitative estimate of drug-likeness (QED) is 0.881. The molecule has 0 atom stereocenters. The fraction of sp³-hybridized carbons (Fsp3) is 0.588. The molecule has 1 amide bonds. The summed E-state index contributed by atoms with van der Waals surface area (Å²) in [5.74, 6) is 0.679. The summed E-state index contributed by atoms with van der Waals surface area (Å²) >= 11 is 3.52. The number of carbonyl (C=O) groups excluding carboxylic acids is 1. The molecule has 1 saturated carbocycles. The Morgan fingerprint density at radius 3 is 2.57 bits per heavy atom. The molecule has 4 heteroatoms. The van der Waals surface area contributed by atoms with Gasteiger partial charge in [0.25, 0.3) is 5.91 Å². The van der Waals surface area contributed by atoms with Gasteiger partial charge in [-0.3, -0.25) is 4.79 Å². The Morgan fingerprint density at radius 1 is 1.33 bits per heavy atom. The number of nitrogens with one attached hydrogen (secondary N) is 1. The monoisotopic (exact) mass is 353 g/mol. The molecule has 1 aliphatic carbocycles. The molecular formula is C17H24BrNO2. The van der Waals surface area contributed by atoms with Crippen molar-refractivity contribution in [2.24, 2.45) is 0 Å². The molecule has 1 aliphatic rings. The average Bonchev–Trinajstić information content (AvgIpc) is 2.89. The highest BCUT2D eigenvalue weighted by Crippen LogP contribution is 2.31. The van der Waals surface area contributed by atoms with E-state index in [0.29, 0.717) is 11.8 Å². The van der Waals surface area contributed by atoms with Gasteiger partial charge in [0.05, 0.1) is 4.47 Å². The summed E-state index contributed by atoms with van der Waals surface area (Å²) in [4.78, 5) is 11.9. The summed E-state index contributed by atoms with van der Waals surface area (Å²) in [6, 6.07) is 6.37.